The van der Waals surface area contributed by atoms with Crippen LogP contribution < -0.4 is 0 Å². The normalized spacial score (nSPS) is 13.0. The SMILES string of the molecule is CCCC/C=C\C/C=C\CCCCCCCC(=O)O[C@H](COC(=O)CCCCCCCCC/C=C\C/C=C\CCCCC)COP(=O)(O)O. The Morgan fingerprint density at radius 3 is 1.41 bits per heavy atom. The van der Waals surface area contributed by atoms with Crippen LogP contribution >= 0.6 is 7.82 Å². The number of esters is 2. The Morgan fingerprint density at radius 2 is 0.939 bits per heavy atom. The minimum Gasteiger partial charge on any atom is -0.462 e. The molecule has 49 heavy (non-hydrogen) atoms. The second-order valence-electron chi connectivity index (χ2n) is 12.9. The Kier molecular flexibility index (Phi) is 34.4. The van der Waals surface area contributed by atoms with Crippen molar-refractivity contribution in [1.82, 2.24) is 0 Å². The van der Waals surface area contributed by atoms with Crippen molar-refractivity contribution in [3.8, 4) is 0 Å². The third kappa shape index (κ3) is 38.7. The highest BCUT2D eigenvalue weighted by Crippen LogP contribution is 2.36. The summed E-state index contributed by atoms with van der Waals surface area (Å²) in [6.07, 6.45) is 42.5. The number of carbonyl (C=O) groups excluding carboxylic acids is 2. The maximum absolute atomic E-state index is 12.4. The first-order chi connectivity index (χ1) is 23.8. The van der Waals surface area contributed by atoms with Gasteiger partial charge in [0.15, 0.2) is 6.10 Å². The third-order valence-corrected chi connectivity index (χ3v) is 8.56. The van der Waals surface area contributed by atoms with E-state index < -0.39 is 32.5 Å². The van der Waals surface area contributed by atoms with Gasteiger partial charge in [0.2, 0.25) is 0 Å². The molecule has 0 fully saturated rings. The van der Waals surface area contributed by atoms with E-state index >= 15 is 0 Å². The van der Waals surface area contributed by atoms with E-state index in [9.17, 15) is 14.2 Å². The molecule has 0 aromatic carbocycles. The zero-order chi connectivity index (χ0) is 36.1. The van der Waals surface area contributed by atoms with Gasteiger partial charge in [-0.25, -0.2) is 4.57 Å². The fraction of sp³-hybridized carbons (Fsp3) is 0.750. The van der Waals surface area contributed by atoms with Crippen molar-refractivity contribution in [2.45, 2.75) is 180 Å². The molecule has 0 aliphatic carbocycles. The Hall–Kier alpha value is -1.99. The molecule has 0 radical (unpaired) electrons. The summed E-state index contributed by atoms with van der Waals surface area (Å²) >= 11 is 0. The van der Waals surface area contributed by atoms with Crippen LogP contribution in [0, 0.1) is 0 Å². The van der Waals surface area contributed by atoms with Crippen LogP contribution in [0.15, 0.2) is 48.6 Å². The Balaban J connectivity index is 3.99. The van der Waals surface area contributed by atoms with Crippen LogP contribution in [-0.2, 0) is 28.2 Å². The number of allylic oxidation sites excluding steroid dienone is 8. The van der Waals surface area contributed by atoms with E-state index in [4.69, 9.17) is 19.3 Å². The topological polar surface area (TPSA) is 119 Å². The molecule has 1 atom stereocenters. The molecule has 0 bridgehead atoms. The molecule has 284 valence electrons. The minimum absolute atomic E-state index is 0.193. The molecule has 9 heteroatoms. The highest BCUT2D eigenvalue weighted by molar-refractivity contribution is 7.46. The van der Waals surface area contributed by atoms with E-state index in [-0.39, 0.29) is 19.4 Å². The fourth-order valence-corrected chi connectivity index (χ4v) is 5.48. The number of carbonyl (C=O) groups is 2. The Bertz CT molecular complexity index is 937. The van der Waals surface area contributed by atoms with E-state index in [0.717, 1.165) is 77.0 Å². The summed E-state index contributed by atoms with van der Waals surface area (Å²) in [6, 6.07) is 0. The Labute approximate surface area is 299 Å². The number of phosphoric acid groups is 1. The summed E-state index contributed by atoms with van der Waals surface area (Å²) in [7, 11) is -4.76. The second-order valence-corrected chi connectivity index (χ2v) is 14.1. The van der Waals surface area contributed by atoms with E-state index in [2.05, 4.69) is 67.0 Å². The van der Waals surface area contributed by atoms with Gasteiger partial charge >= 0.3 is 19.8 Å². The van der Waals surface area contributed by atoms with Gasteiger partial charge in [-0.1, -0.05) is 140 Å². The van der Waals surface area contributed by atoms with Gasteiger partial charge in [-0.05, 0) is 70.6 Å². The van der Waals surface area contributed by atoms with Gasteiger partial charge in [0.05, 0.1) is 6.61 Å². The summed E-state index contributed by atoms with van der Waals surface area (Å²) in [5.41, 5.74) is 0. The molecule has 0 unspecified atom stereocenters. The zero-order valence-electron chi connectivity index (χ0n) is 31.1. The standard InChI is InChI=1S/C40H71O8P/c1-3-5-7-9-11-13-15-17-19-20-21-23-24-26-28-30-32-34-39(41)46-36-38(37-47-49(43,44)45)48-40(42)35-33-31-29-27-25-22-18-16-14-12-10-8-6-4-2/h10-13,16-19,38H,3-9,14-15,20-37H2,1-2H3,(H2,43,44,45)/b12-10-,13-11-,18-16-,19-17-/t38-/m1/s1. The Morgan fingerprint density at radius 1 is 0.531 bits per heavy atom. The minimum atomic E-state index is -4.76. The monoisotopic (exact) mass is 710 g/mol. The van der Waals surface area contributed by atoms with E-state index in [0.29, 0.717) is 12.8 Å². The van der Waals surface area contributed by atoms with Crippen molar-refractivity contribution in [2.24, 2.45) is 0 Å². The molecule has 0 aromatic heterocycles. The second kappa shape index (κ2) is 35.8. The number of ether oxygens (including phenoxy) is 2. The van der Waals surface area contributed by atoms with Crippen molar-refractivity contribution in [3.63, 3.8) is 0 Å². The molecular formula is C40H71O8P. The molecule has 0 saturated carbocycles. The van der Waals surface area contributed by atoms with Crippen LogP contribution in [0.4, 0.5) is 0 Å². The first kappa shape index (κ1) is 47.0. The molecule has 0 heterocycles. The van der Waals surface area contributed by atoms with Gasteiger partial charge in [-0.3, -0.25) is 14.1 Å². The molecule has 0 saturated heterocycles. The van der Waals surface area contributed by atoms with Gasteiger partial charge in [-0.2, -0.15) is 0 Å². The number of hydrogen-bond donors (Lipinski definition) is 2. The van der Waals surface area contributed by atoms with Crippen molar-refractivity contribution in [3.05, 3.63) is 48.6 Å². The van der Waals surface area contributed by atoms with Crippen LogP contribution in [-0.4, -0.2) is 41.0 Å². The molecule has 0 spiro atoms. The molecule has 0 aromatic rings. The van der Waals surface area contributed by atoms with E-state index in [1.54, 1.807) is 0 Å². The van der Waals surface area contributed by atoms with Crippen molar-refractivity contribution < 1.29 is 37.9 Å². The van der Waals surface area contributed by atoms with E-state index in [1.165, 1.54) is 57.8 Å². The number of unbranched alkanes of at least 4 members (excludes halogenated alkanes) is 17. The van der Waals surface area contributed by atoms with Crippen LogP contribution in [0.25, 0.3) is 0 Å². The van der Waals surface area contributed by atoms with Gasteiger partial charge in [-0.15, -0.1) is 0 Å². The lowest BCUT2D eigenvalue weighted by molar-refractivity contribution is -0.161. The number of hydrogen-bond acceptors (Lipinski definition) is 6. The summed E-state index contributed by atoms with van der Waals surface area (Å²) in [4.78, 5) is 42.7. The van der Waals surface area contributed by atoms with Gasteiger partial charge in [0.25, 0.3) is 0 Å². The third-order valence-electron chi connectivity index (χ3n) is 8.07. The average Bonchev–Trinajstić information content (AvgIpc) is 3.07. The van der Waals surface area contributed by atoms with Crippen molar-refractivity contribution in [2.75, 3.05) is 13.2 Å². The zero-order valence-corrected chi connectivity index (χ0v) is 32.0. The summed E-state index contributed by atoms with van der Waals surface area (Å²) in [6.45, 7) is 3.59. The van der Waals surface area contributed by atoms with Crippen molar-refractivity contribution in [1.29, 1.82) is 0 Å². The highest BCUT2D eigenvalue weighted by atomic mass is 31.2. The molecule has 0 amide bonds. The average molecular weight is 711 g/mol. The van der Waals surface area contributed by atoms with Crippen LogP contribution in [0.2, 0.25) is 0 Å². The van der Waals surface area contributed by atoms with Gasteiger partial charge in [0.1, 0.15) is 6.61 Å². The molecule has 0 aliphatic heterocycles. The van der Waals surface area contributed by atoms with Gasteiger partial charge < -0.3 is 19.3 Å². The van der Waals surface area contributed by atoms with Gasteiger partial charge in [0, 0.05) is 12.8 Å². The largest absolute Gasteiger partial charge is 0.469 e. The summed E-state index contributed by atoms with van der Waals surface area (Å²) in [5.74, 6) is -0.912. The molecule has 0 aliphatic rings. The smallest absolute Gasteiger partial charge is 0.462 e. The molecule has 2 N–H and O–H groups in total. The maximum atomic E-state index is 12.4. The maximum Gasteiger partial charge on any atom is 0.469 e. The van der Waals surface area contributed by atoms with E-state index in [1.807, 2.05) is 0 Å². The molecule has 8 nitrogen and oxygen atoms in total. The lowest BCUT2D eigenvalue weighted by Crippen LogP contribution is -2.29. The fourth-order valence-electron chi connectivity index (χ4n) is 5.12. The summed E-state index contributed by atoms with van der Waals surface area (Å²) in [5, 5.41) is 0. The molecule has 0 rings (SSSR count). The molecular weight excluding hydrogens is 639 g/mol. The lowest BCUT2D eigenvalue weighted by atomic mass is 10.1. The van der Waals surface area contributed by atoms with Crippen LogP contribution in [0.3, 0.4) is 0 Å². The number of phosphoric ester groups is 1. The summed E-state index contributed by atoms with van der Waals surface area (Å²) < 4.78 is 26.3. The quantitative estimate of drug-likeness (QED) is 0.0289. The predicted octanol–water partition coefficient (Wildman–Crippen LogP) is 11.6. The predicted molar refractivity (Wildman–Crippen MR) is 202 cm³/mol. The lowest BCUT2D eigenvalue weighted by Gasteiger charge is -2.18. The highest BCUT2D eigenvalue weighted by Gasteiger charge is 2.22. The van der Waals surface area contributed by atoms with Crippen molar-refractivity contribution >= 4 is 19.8 Å². The first-order valence-electron chi connectivity index (χ1n) is 19.4. The van der Waals surface area contributed by atoms with Crippen LogP contribution in [0.1, 0.15) is 174 Å². The first-order valence-corrected chi connectivity index (χ1v) is 21.0. The van der Waals surface area contributed by atoms with Crippen LogP contribution in [0.5, 0.6) is 0 Å². The number of rotatable bonds is 35.